The lowest BCUT2D eigenvalue weighted by atomic mass is 9.97. The standard InChI is InChI=1S/C8H13ClO3.H3N/c9-6-3-1-2-4-7(6)12-5-8(10)11;/h6-7H,1-5H2,(H,10,11);1H3/t6-,7-;/m0./s1. The molecule has 4 N–H and O–H groups in total. The van der Waals surface area contributed by atoms with Crippen LogP contribution in [0.15, 0.2) is 0 Å². The van der Waals surface area contributed by atoms with Crippen LogP contribution in [0.3, 0.4) is 0 Å². The molecule has 0 heterocycles. The number of rotatable bonds is 3. The van der Waals surface area contributed by atoms with Gasteiger partial charge in [0, 0.05) is 0 Å². The van der Waals surface area contributed by atoms with Crippen molar-refractivity contribution in [1.29, 1.82) is 0 Å². The van der Waals surface area contributed by atoms with Crippen molar-refractivity contribution in [2.24, 2.45) is 0 Å². The fourth-order valence-corrected chi connectivity index (χ4v) is 1.77. The van der Waals surface area contributed by atoms with E-state index in [2.05, 4.69) is 0 Å². The highest BCUT2D eigenvalue weighted by Crippen LogP contribution is 2.25. The molecule has 1 aliphatic rings. The second-order valence-corrected chi connectivity index (χ2v) is 3.60. The molecular weight excluding hydrogens is 194 g/mol. The summed E-state index contributed by atoms with van der Waals surface area (Å²) in [5, 5.41) is 8.36. The van der Waals surface area contributed by atoms with Crippen LogP contribution in [0.4, 0.5) is 0 Å². The maximum absolute atomic E-state index is 10.2. The summed E-state index contributed by atoms with van der Waals surface area (Å²) in [5.41, 5.74) is 0. The molecule has 0 bridgehead atoms. The van der Waals surface area contributed by atoms with Gasteiger partial charge >= 0.3 is 5.97 Å². The van der Waals surface area contributed by atoms with Gasteiger partial charge in [-0.25, -0.2) is 4.79 Å². The van der Waals surface area contributed by atoms with Gasteiger partial charge in [-0.15, -0.1) is 11.6 Å². The third-order valence-corrected chi connectivity index (χ3v) is 2.54. The molecule has 13 heavy (non-hydrogen) atoms. The van der Waals surface area contributed by atoms with Gasteiger partial charge < -0.3 is 16.0 Å². The number of halogens is 1. The highest BCUT2D eigenvalue weighted by Gasteiger charge is 2.24. The first-order valence-electron chi connectivity index (χ1n) is 4.17. The van der Waals surface area contributed by atoms with Crippen molar-refractivity contribution in [2.45, 2.75) is 37.2 Å². The quantitative estimate of drug-likeness (QED) is 0.695. The number of carbonyl (C=O) groups is 1. The SMILES string of the molecule is N.O=C(O)CO[C@H]1CCCC[C@@H]1Cl. The topological polar surface area (TPSA) is 81.5 Å². The van der Waals surface area contributed by atoms with Crippen LogP contribution in [-0.4, -0.2) is 29.2 Å². The summed E-state index contributed by atoms with van der Waals surface area (Å²) in [6, 6.07) is 0. The predicted octanol–water partition coefficient (Wildman–Crippen LogP) is 1.80. The zero-order valence-electron chi connectivity index (χ0n) is 7.54. The zero-order valence-corrected chi connectivity index (χ0v) is 8.29. The minimum atomic E-state index is -0.926. The molecular formula is C8H16ClNO3. The number of aliphatic carboxylic acids is 1. The monoisotopic (exact) mass is 209 g/mol. The molecule has 0 aromatic heterocycles. The van der Waals surface area contributed by atoms with Crippen molar-refractivity contribution < 1.29 is 14.6 Å². The van der Waals surface area contributed by atoms with Gasteiger partial charge in [0.1, 0.15) is 6.61 Å². The van der Waals surface area contributed by atoms with E-state index in [-0.39, 0.29) is 24.2 Å². The molecule has 5 heteroatoms. The van der Waals surface area contributed by atoms with E-state index in [4.69, 9.17) is 21.4 Å². The number of alkyl halides is 1. The summed E-state index contributed by atoms with van der Waals surface area (Å²) in [4.78, 5) is 10.2. The zero-order chi connectivity index (χ0) is 8.97. The molecule has 0 spiro atoms. The second-order valence-electron chi connectivity index (χ2n) is 3.04. The average molecular weight is 210 g/mol. The Morgan fingerprint density at radius 1 is 1.46 bits per heavy atom. The highest BCUT2D eigenvalue weighted by molar-refractivity contribution is 6.21. The largest absolute Gasteiger partial charge is 0.480 e. The van der Waals surface area contributed by atoms with E-state index >= 15 is 0 Å². The number of carboxylic acid groups (broad SMARTS) is 1. The minimum absolute atomic E-state index is 0. The molecule has 2 atom stereocenters. The number of hydrogen-bond acceptors (Lipinski definition) is 3. The maximum Gasteiger partial charge on any atom is 0.329 e. The van der Waals surface area contributed by atoms with Crippen molar-refractivity contribution >= 4 is 17.6 Å². The first-order chi connectivity index (χ1) is 5.70. The van der Waals surface area contributed by atoms with Gasteiger partial charge in [-0.2, -0.15) is 0 Å². The summed E-state index contributed by atoms with van der Waals surface area (Å²) in [6.45, 7) is -0.228. The Morgan fingerprint density at radius 3 is 2.62 bits per heavy atom. The van der Waals surface area contributed by atoms with E-state index < -0.39 is 5.97 Å². The molecule has 0 amide bonds. The Bertz CT molecular complexity index is 165. The van der Waals surface area contributed by atoms with Crippen molar-refractivity contribution in [2.75, 3.05) is 6.61 Å². The van der Waals surface area contributed by atoms with E-state index in [9.17, 15) is 4.79 Å². The van der Waals surface area contributed by atoms with Crippen molar-refractivity contribution in [1.82, 2.24) is 6.15 Å². The molecule has 0 aromatic rings. The van der Waals surface area contributed by atoms with Crippen molar-refractivity contribution in [3.63, 3.8) is 0 Å². The van der Waals surface area contributed by atoms with Crippen LogP contribution in [0.25, 0.3) is 0 Å². The third-order valence-electron chi connectivity index (χ3n) is 2.04. The molecule has 0 radical (unpaired) electrons. The summed E-state index contributed by atoms with van der Waals surface area (Å²) in [7, 11) is 0. The molecule has 78 valence electrons. The van der Waals surface area contributed by atoms with Crippen molar-refractivity contribution in [3.05, 3.63) is 0 Å². The van der Waals surface area contributed by atoms with Crippen LogP contribution in [0.5, 0.6) is 0 Å². The Morgan fingerprint density at radius 2 is 2.08 bits per heavy atom. The summed E-state index contributed by atoms with van der Waals surface area (Å²) in [5.74, 6) is -0.926. The molecule has 1 aliphatic carbocycles. The Kier molecular flexibility index (Phi) is 6.03. The van der Waals surface area contributed by atoms with Gasteiger partial charge in [0.05, 0.1) is 11.5 Å². The third kappa shape index (κ3) is 4.45. The van der Waals surface area contributed by atoms with E-state index in [1.165, 1.54) is 0 Å². The summed E-state index contributed by atoms with van der Waals surface area (Å²) >= 11 is 5.95. The Labute approximate surface area is 82.8 Å². The lowest BCUT2D eigenvalue weighted by Crippen LogP contribution is -2.30. The van der Waals surface area contributed by atoms with Gasteiger partial charge in [0.15, 0.2) is 0 Å². The predicted molar refractivity (Wildman–Crippen MR) is 50.5 cm³/mol. The van der Waals surface area contributed by atoms with E-state index in [1.54, 1.807) is 0 Å². The van der Waals surface area contributed by atoms with Gasteiger partial charge in [0.25, 0.3) is 0 Å². The highest BCUT2D eigenvalue weighted by atomic mass is 35.5. The second kappa shape index (κ2) is 6.18. The molecule has 1 rings (SSSR count). The lowest BCUT2D eigenvalue weighted by Gasteiger charge is -2.26. The number of carboxylic acids is 1. The summed E-state index contributed by atoms with van der Waals surface area (Å²) in [6.07, 6.45) is 3.98. The van der Waals surface area contributed by atoms with Crippen LogP contribution in [0, 0.1) is 0 Å². The Hall–Kier alpha value is -0.320. The normalized spacial score (nSPS) is 27.8. The van der Waals surface area contributed by atoms with Crippen LogP contribution in [0.2, 0.25) is 0 Å². The van der Waals surface area contributed by atoms with Gasteiger partial charge in [-0.05, 0) is 12.8 Å². The average Bonchev–Trinajstić information content (AvgIpc) is 2.03. The molecule has 0 saturated heterocycles. The van der Waals surface area contributed by atoms with E-state index in [0.29, 0.717) is 0 Å². The minimum Gasteiger partial charge on any atom is -0.480 e. The van der Waals surface area contributed by atoms with Gasteiger partial charge in [-0.3, -0.25) is 0 Å². The van der Waals surface area contributed by atoms with Crippen molar-refractivity contribution in [3.8, 4) is 0 Å². The van der Waals surface area contributed by atoms with E-state index in [0.717, 1.165) is 25.7 Å². The van der Waals surface area contributed by atoms with Gasteiger partial charge in [-0.1, -0.05) is 12.8 Å². The first kappa shape index (κ1) is 12.7. The van der Waals surface area contributed by atoms with Crippen LogP contribution >= 0.6 is 11.6 Å². The van der Waals surface area contributed by atoms with Crippen LogP contribution < -0.4 is 6.15 Å². The molecule has 0 aromatic carbocycles. The fourth-order valence-electron chi connectivity index (χ4n) is 1.42. The van der Waals surface area contributed by atoms with E-state index in [1.807, 2.05) is 0 Å². The Balaban J connectivity index is 0.00000144. The molecule has 1 saturated carbocycles. The smallest absolute Gasteiger partial charge is 0.329 e. The molecule has 0 unspecified atom stereocenters. The molecule has 1 fully saturated rings. The maximum atomic E-state index is 10.2. The summed E-state index contributed by atoms with van der Waals surface area (Å²) < 4.78 is 5.13. The van der Waals surface area contributed by atoms with Crippen LogP contribution in [0.1, 0.15) is 25.7 Å². The molecule has 0 aliphatic heterocycles. The van der Waals surface area contributed by atoms with Gasteiger partial charge in [0.2, 0.25) is 0 Å². The number of hydrogen-bond donors (Lipinski definition) is 2. The lowest BCUT2D eigenvalue weighted by molar-refractivity contribution is -0.144. The fraction of sp³-hybridized carbons (Fsp3) is 0.875. The van der Waals surface area contributed by atoms with Crippen LogP contribution in [-0.2, 0) is 9.53 Å². The molecule has 4 nitrogen and oxygen atoms in total. The first-order valence-corrected chi connectivity index (χ1v) is 4.61. The number of ether oxygens (including phenoxy) is 1.